The molecular formula is C13H21NO3. The largest absolute Gasteiger partial charge is 0.491 e. The predicted octanol–water partition coefficient (Wildman–Crippen LogP) is 1.45. The first kappa shape index (κ1) is 14.0. The Bertz CT molecular complexity index is 287. The van der Waals surface area contributed by atoms with Gasteiger partial charge in [0.2, 0.25) is 0 Å². The first-order chi connectivity index (χ1) is 8.36. The van der Waals surface area contributed by atoms with Crippen LogP contribution in [0.3, 0.4) is 0 Å². The van der Waals surface area contributed by atoms with E-state index in [1.165, 1.54) is 5.56 Å². The highest BCUT2D eigenvalue weighted by molar-refractivity contribution is 5.27. The lowest BCUT2D eigenvalue weighted by Gasteiger charge is -2.07. The van der Waals surface area contributed by atoms with E-state index < -0.39 is 0 Å². The second-order valence-electron chi connectivity index (χ2n) is 3.65. The van der Waals surface area contributed by atoms with Crippen molar-refractivity contribution in [3.63, 3.8) is 0 Å². The maximum absolute atomic E-state index is 5.48. The molecule has 4 heteroatoms. The van der Waals surface area contributed by atoms with Crippen LogP contribution < -0.4 is 10.1 Å². The molecule has 0 amide bonds. The van der Waals surface area contributed by atoms with Crippen LogP contribution in [-0.4, -0.2) is 40.6 Å². The molecule has 17 heavy (non-hydrogen) atoms. The lowest BCUT2D eigenvalue weighted by molar-refractivity contribution is 0.146. The highest BCUT2D eigenvalue weighted by Gasteiger charge is 1.95. The third kappa shape index (κ3) is 6.26. The molecular weight excluding hydrogens is 218 g/mol. The smallest absolute Gasteiger partial charge is 0.119 e. The molecule has 0 unspecified atom stereocenters. The Balaban J connectivity index is 2.24. The number of benzene rings is 1. The standard InChI is InChI=1S/C13H21NO3/c1-15-8-7-14-11-12-3-5-13(6-4-12)17-10-9-16-2/h3-6,14H,7-11H2,1-2H3. The fourth-order valence-electron chi connectivity index (χ4n) is 1.35. The maximum Gasteiger partial charge on any atom is 0.119 e. The molecule has 0 fully saturated rings. The minimum absolute atomic E-state index is 0.585. The number of hydrogen-bond donors (Lipinski definition) is 1. The van der Waals surface area contributed by atoms with Gasteiger partial charge in [0.05, 0.1) is 13.2 Å². The Morgan fingerprint density at radius 1 is 0.941 bits per heavy atom. The SMILES string of the molecule is COCCNCc1ccc(OCCOC)cc1. The van der Waals surface area contributed by atoms with E-state index in [4.69, 9.17) is 14.2 Å². The highest BCUT2D eigenvalue weighted by Crippen LogP contribution is 2.11. The normalized spacial score (nSPS) is 10.5. The van der Waals surface area contributed by atoms with Gasteiger partial charge in [-0.3, -0.25) is 0 Å². The minimum atomic E-state index is 0.585. The summed E-state index contributed by atoms with van der Waals surface area (Å²) in [4.78, 5) is 0. The van der Waals surface area contributed by atoms with Crippen LogP contribution in [0.1, 0.15) is 5.56 Å². The Kier molecular flexibility index (Phi) is 7.38. The van der Waals surface area contributed by atoms with Gasteiger partial charge in [-0.1, -0.05) is 12.1 Å². The zero-order valence-electron chi connectivity index (χ0n) is 10.6. The van der Waals surface area contributed by atoms with Crippen LogP contribution >= 0.6 is 0 Å². The van der Waals surface area contributed by atoms with E-state index in [-0.39, 0.29) is 0 Å². The fraction of sp³-hybridized carbons (Fsp3) is 0.538. The zero-order valence-corrected chi connectivity index (χ0v) is 10.6. The van der Waals surface area contributed by atoms with E-state index in [1.807, 2.05) is 12.1 Å². The molecule has 1 N–H and O–H groups in total. The van der Waals surface area contributed by atoms with Crippen molar-refractivity contribution in [3.8, 4) is 5.75 Å². The van der Waals surface area contributed by atoms with Crippen molar-refractivity contribution in [2.45, 2.75) is 6.54 Å². The topological polar surface area (TPSA) is 39.7 Å². The van der Waals surface area contributed by atoms with Crippen LogP contribution in [-0.2, 0) is 16.0 Å². The minimum Gasteiger partial charge on any atom is -0.491 e. The number of ether oxygens (including phenoxy) is 3. The third-order valence-electron chi connectivity index (χ3n) is 2.29. The Hall–Kier alpha value is -1.10. The summed E-state index contributed by atoms with van der Waals surface area (Å²) in [5, 5.41) is 3.29. The molecule has 4 nitrogen and oxygen atoms in total. The summed E-state index contributed by atoms with van der Waals surface area (Å²) < 4.78 is 15.4. The van der Waals surface area contributed by atoms with Crippen molar-refractivity contribution in [1.82, 2.24) is 5.32 Å². The van der Waals surface area contributed by atoms with Gasteiger partial charge in [0.25, 0.3) is 0 Å². The molecule has 0 atom stereocenters. The van der Waals surface area contributed by atoms with Crippen LogP contribution in [0.4, 0.5) is 0 Å². The van der Waals surface area contributed by atoms with Gasteiger partial charge < -0.3 is 19.5 Å². The second kappa shape index (κ2) is 8.98. The number of rotatable bonds is 9. The van der Waals surface area contributed by atoms with Crippen molar-refractivity contribution in [2.75, 3.05) is 40.6 Å². The summed E-state index contributed by atoms with van der Waals surface area (Å²) in [5.41, 5.74) is 1.24. The molecule has 1 aromatic carbocycles. The third-order valence-corrected chi connectivity index (χ3v) is 2.29. The molecule has 0 aromatic heterocycles. The van der Waals surface area contributed by atoms with E-state index in [0.717, 1.165) is 25.4 Å². The first-order valence-electron chi connectivity index (χ1n) is 5.77. The van der Waals surface area contributed by atoms with Gasteiger partial charge in [-0.25, -0.2) is 0 Å². The van der Waals surface area contributed by atoms with Gasteiger partial charge in [0, 0.05) is 27.3 Å². The van der Waals surface area contributed by atoms with Crippen LogP contribution in [0, 0.1) is 0 Å². The molecule has 0 aliphatic rings. The number of methoxy groups -OCH3 is 2. The summed E-state index contributed by atoms with van der Waals surface area (Å²) in [6.45, 7) is 3.64. The highest BCUT2D eigenvalue weighted by atomic mass is 16.5. The molecule has 0 aliphatic carbocycles. The molecule has 0 saturated carbocycles. The quantitative estimate of drug-likeness (QED) is 0.662. The van der Waals surface area contributed by atoms with E-state index >= 15 is 0 Å². The Morgan fingerprint density at radius 3 is 2.29 bits per heavy atom. The van der Waals surface area contributed by atoms with Crippen LogP contribution in [0.5, 0.6) is 5.75 Å². The van der Waals surface area contributed by atoms with Crippen molar-refractivity contribution < 1.29 is 14.2 Å². The molecule has 0 aliphatic heterocycles. The summed E-state index contributed by atoms with van der Waals surface area (Å²) in [5.74, 6) is 0.877. The Labute approximate surface area is 103 Å². The lowest BCUT2D eigenvalue weighted by Crippen LogP contribution is -2.18. The van der Waals surface area contributed by atoms with E-state index in [1.54, 1.807) is 14.2 Å². The fourth-order valence-corrected chi connectivity index (χ4v) is 1.35. The van der Waals surface area contributed by atoms with Crippen molar-refractivity contribution >= 4 is 0 Å². The Morgan fingerprint density at radius 2 is 1.65 bits per heavy atom. The van der Waals surface area contributed by atoms with E-state index in [0.29, 0.717) is 13.2 Å². The first-order valence-corrected chi connectivity index (χ1v) is 5.77. The maximum atomic E-state index is 5.48. The summed E-state index contributed by atoms with van der Waals surface area (Å²) in [6.07, 6.45) is 0. The van der Waals surface area contributed by atoms with Gasteiger partial charge in [-0.05, 0) is 17.7 Å². The second-order valence-corrected chi connectivity index (χ2v) is 3.65. The molecule has 0 saturated heterocycles. The van der Waals surface area contributed by atoms with Gasteiger partial charge in [-0.15, -0.1) is 0 Å². The summed E-state index contributed by atoms with van der Waals surface area (Å²) in [6, 6.07) is 8.07. The van der Waals surface area contributed by atoms with Crippen molar-refractivity contribution in [2.24, 2.45) is 0 Å². The van der Waals surface area contributed by atoms with Crippen LogP contribution in [0.2, 0.25) is 0 Å². The summed E-state index contributed by atoms with van der Waals surface area (Å²) in [7, 11) is 3.37. The molecule has 1 rings (SSSR count). The van der Waals surface area contributed by atoms with Gasteiger partial charge >= 0.3 is 0 Å². The monoisotopic (exact) mass is 239 g/mol. The molecule has 0 radical (unpaired) electrons. The molecule has 0 bridgehead atoms. The average Bonchev–Trinajstić information content (AvgIpc) is 2.37. The van der Waals surface area contributed by atoms with E-state index in [2.05, 4.69) is 17.4 Å². The van der Waals surface area contributed by atoms with Crippen LogP contribution in [0.25, 0.3) is 0 Å². The molecule has 0 heterocycles. The number of nitrogens with one attached hydrogen (secondary N) is 1. The molecule has 96 valence electrons. The summed E-state index contributed by atoms with van der Waals surface area (Å²) >= 11 is 0. The predicted molar refractivity (Wildman–Crippen MR) is 67.4 cm³/mol. The van der Waals surface area contributed by atoms with Crippen LogP contribution in [0.15, 0.2) is 24.3 Å². The van der Waals surface area contributed by atoms with Gasteiger partial charge in [0.15, 0.2) is 0 Å². The number of hydrogen-bond acceptors (Lipinski definition) is 4. The molecule has 0 spiro atoms. The lowest BCUT2D eigenvalue weighted by atomic mass is 10.2. The zero-order chi connectivity index (χ0) is 12.3. The van der Waals surface area contributed by atoms with Crippen molar-refractivity contribution in [3.05, 3.63) is 29.8 Å². The van der Waals surface area contributed by atoms with Crippen molar-refractivity contribution in [1.29, 1.82) is 0 Å². The average molecular weight is 239 g/mol. The van der Waals surface area contributed by atoms with Gasteiger partial charge in [-0.2, -0.15) is 0 Å². The molecule has 1 aromatic rings. The van der Waals surface area contributed by atoms with Gasteiger partial charge in [0.1, 0.15) is 12.4 Å². The van der Waals surface area contributed by atoms with E-state index in [9.17, 15) is 0 Å².